The predicted molar refractivity (Wildman–Crippen MR) is 93.6 cm³/mol. The smallest absolute Gasteiger partial charge is 1.00 e. The van der Waals surface area contributed by atoms with E-state index in [9.17, 15) is 0 Å². The third-order valence-electron chi connectivity index (χ3n) is 4.32. The summed E-state index contributed by atoms with van der Waals surface area (Å²) < 4.78 is 0. The van der Waals surface area contributed by atoms with Gasteiger partial charge in [-0.25, -0.2) is 0 Å². The van der Waals surface area contributed by atoms with Crippen LogP contribution in [0.15, 0.2) is 41.5 Å². The van der Waals surface area contributed by atoms with Gasteiger partial charge in [0.15, 0.2) is 0 Å². The van der Waals surface area contributed by atoms with Gasteiger partial charge in [-0.1, -0.05) is 75.1 Å². The van der Waals surface area contributed by atoms with Crippen LogP contribution in [0.4, 0.5) is 0 Å². The number of hydrogen-bond donors (Lipinski definition) is 0. The van der Waals surface area contributed by atoms with E-state index in [4.69, 9.17) is 5.32 Å². The van der Waals surface area contributed by atoms with Crippen LogP contribution in [0.25, 0.3) is 10.9 Å². The largest absolute Gasteiger partial charge is 3.00 e. The van der Waals surface area contributed by atoms with E-state index in [-0.39, 0.29) is 52.1 Å². The number of unbranched alkanes of at least 4 members (excludes halogenated alkanes) is 1. The Balaban J connectivity index is 0. The van der Waals surface area contributed by atoms with E-state index < -0.39 is 0 Å². The van der Waals surface area contributed by atoms with Crippen LogP contribution in [0.1, 0.15) is 65.0 Å². The van der Waals surface area contributed by atoms with Gasteiger partial charge in [0.1, 0.15) is 0 Å². The molecule has 1 aromatic carbocycles. The molecule has 1 radical (unpaired) electrons. The van der Waals surface area contributed by atoms with Gasteiger partial charge >= 0.3 is 21.7 Å². The molecule has 0 N–H and O–H groups in total. The van der Waals surface area contributed by atoms with Crippen molar-refractivity contribution in [3.8, 4) is 0 Å². The Morgan fingerprint density at radius 1 is 1.08 bits per heavy atom. The maximum Gasteiger partial charge on any atom is 3.00 e. The Kier molecular flexibility index (Phi) is 12.6. The molecule has 0 atom stereocenters. The average molecular weight is 401 g/mol. The second-order valence-corrected chi connectivity index (χ2v) is 6.67. The molecule has 1 aliphatic carbocycles. The molecule has 0 heterocycles. The van der Waals surface area contributed by atoms with Crippen LogP contribution >= 0.6 is 0 Å². The summed E-state index contributed by atoms with van der Waals surface area (Å²) in [7, 11) is 0. The first-order valence-corrected chi connectivity index (χ1v) is 8.11. The predicted octanol–water partition coefficient (Wildman–Crippen LogP) is 0.225. The van der Waals surface area contributed by atoms with E-state index in [1.807, 2.05) is 0 Å². The summed E-state index contributed by atoms with van der Waals surface area (Å²) in [6, 6.07) is 8.80. The zero-order valence-electron chi connectivity index (χ0n) is 15.4. The third kappa shape index (κ3) is 6.35. The standard InChI is InChI=1S/C20H28N.2ClH.Ti/c1-6-7-12-21-20(4,5)19-11-9-8-10-17(19)18-14-15(2)13-16(18)3;;;/h8-11,13H,6-7,12,14H2,1-5H3;2*1H;/q-1;;;+3/p-2. The van der Waals surface area contributed by atoms with Gasteiger partial charge < -0.3 is 30.1 Å². The fraction of sp³-hybridized carbons (Fsp3) is 0.500. The summed E-state index contributed by atoms with van der Waals surface area (Å²) in [5.41, 5.74) is 6.96. The van der Waals surface area contributed by atoms with E-state index in [1.165, 1.54) is 40.7 Å². The summed E-state index contributed by atoms with van der Waals surface area (Å²) in [6.07, 6.45) is 5.77. The average Bonchev–Trinajstić information content (AvgIpc) is 2.78. The molecule has 1 nitrogen and oxygen atoms in total. The maximum absolute atomic E-state index is 4.95. The van der Waals surface area contributed by atoms with Crippen molar-refractivity contribution >= 4 is 5.57 Å². The fourth-order valence-electron chi connectivity index (χ4n) is 3.12. The van der Waals surface area contributed by atoms with Crippen molar-refractivity contribution in [1.82, 2.24) is 0 Å². The molecule has 24 heavy (non-hydrogen) atoms. The van der Waals surface area contributed by atoms with Gasteiger partial charge in [0, 0.05) is 0 Å². The Morgan fingerprint density at radius 3 is 2.25 bits per heavy atom. The van der Waals surface area contributed by atoms with Crippen LogP contribution in [-0.2, 0) is 27.3 Å². The molecule has 1 aliphatic rings. The Hall–Kier alpha value is -0.0457. The first-order chi connectivity index (χ1) is 9.95. The molecule has 0 spiro atoms. The molecular formula is C20H28Cl2NTi. The molecular weight excluding hydrogens is 373 g/mol. The van der Waals surface area contributed by atoms with Crippen LogP contribution in [0, 0.1) is 0 Å². The van der Waals surface area contributed by atoms with E-state index in [2.05, 4.69) is 65.0 Å². The van der Waals surface area contributed by atoms with Crippen molar-refractivity contribution in [2.45, 2.75) is 59.4 Å². The van der Waals surface area contributed by atoms with Gasteiger partial charge in [0.05, 0.1) is 0 Å². The van der Waals surface area contributed by atoms with E-state index >= 15 is 0 Å². The van der Waals surface area contributed by atoms with Crippen molar-refractivity contribution in [3.63, 3.8) is 0 Å². The zero-order chi connectivity index (χ0) is 15.5. The second kappa shape index (κ2) is 11.5. The molecule has 131 valence electrons. The van der Waals surface area contributed by atoms with Gasteiger partial charge in [-0.15, -0.1) is 12.1 Å². The summed E-state index contributed by atoms with van der Waals surface area (Å²) in [5.74, 6) is 0. The molecule has 1 aromatic rings. The third-order valence-corrected chi connectivity index (χ3v) is 4.32. The number of nitrogens with zero attached hydrogens (tertiary/aromatic N) is 1. The van der Waals surface area contributed by atoms with E-state index in [0.717, 1.165) is 13.0 Å². The molecule has 0 saturated carbocycles. The van der Waals surface area contributed by atoms with E-state index in [0.29, 0.717) is 0 Å². The minimum Gasteiger partial charge on any atom is -1.00 e. The molecule has 4 heteroatoms. The summed E-state index contributed by atoms with van der Waals surface area (Å²) >= 11 is 0. The second-order valence-electron chi connectivity index (χ2n) is 6.67. The van der Waals surface area contributed by atoms with Crippen LogP contribution in [0.3, 0.4) is 0 Å². The van der Waals surface area contributed by atoms with E-state index in [1.54, 1.807) is 0 Å². The molecule has 0 aliphatic heterocycles. The monoisotopic (exact) mass is 400 g/mol. The maximum atomic E-state index is 4.95. The summed E-state index contributed by atoms with van der Waals surface area (Å²) in [4.78, 5) is 0. The first kappa shape index (κ1) is 26.2. The topological polar surface area (TPSA) is 14.1 Å². The van der Waals surface area contributed by atoms with Crippen LogP contribution in [-0.4, -0.2) is 6.54 Å². The van der Waals surface area contributed by atoms with Crippen molar-refractivity contribution in [1.29, 1.82) is 0 Å². The number of halogens is 2. The number of rotatable bonds is 6. The molecule has 0 bridgehead atoms. The summed E-state index contributed by atoms with van der Waals surface area (Å²) in [5, 5.41) is 4.95. The van der Waals surface area contributed by atoms with Crippen molar-refractivity contribution in [2.75, 3.05) is 6.54 Å². The summed E-state index contributed by atoms with van der Waals surface area (Å²) in [6.45, 7) is 12.1. The quantitative estimate of drug-likeness (QED) is 0.479. The molecule has 2 rings (SSSR count). The van der Waals surface area contributed by atoms with Gasteiger partial charge in [0.2, 0.25) is 0 Å². The van der Waals surface area contributed by atoms with Gasteiger partial charge in [-0.2, -0.15) is 0 Å². The van der Waals surface area contributed by atoms with Gasteiger partial charge in [-0.05, 0) is 37.0 Å². The molecule has 0 amide bonds. The van der Waals surface area contributed by atoms with Crippen molar-refractivity contribution < 1.29 is 46.5 Å². The van der Waals surface area contributed by atoms with Gasteiger partial charge in [-0.3, -0.25) is 0 Å². The number of allylic oxidation sites excluding steroid dienone is 4. The Bertz CT molecular complexity index is 577. The Labute approximate surface area is 175 Å². The van der Waals surface area contributed by atoms with Crippen LogP contribution in [0.5, 0.6) is 0 Å². The first-order valence-electron chi connectivity index (χ1n) is 8.11. The van der Waals surface area contributed by atoms with Crippen LogP contribution < -0.4 is 24.8 Å². The minimum atomic E-state index is -0.116. The number of benzene rings is 1. The normalized spacial score (nSPS) is 13.6. The van der Waals surface area contributed by atoms with Crippen molar-refractivity contribution in [2.24, 2.45) is 0 Å². The minimum absolute atomic E-state index is 0. The molecule has 0 aromatic heterocycles. The molecule has 0 fully saturated rings. The molecule has 0 unspecified atom stereocenters. The SMILES string of the molecule is CCCC[N-]C(C)(C)c1ccccc1C1=C(C)C=C(C)C1.[Cl-].[Cl-].[Ti+3]. The number of hydrogen-bond acceptors (Lipinski definition) is 0. The van der Waals surface area contributed by atoms with Crippen molar-refractivity contribution in [3.05, 3.63) is 57.9 Å². The fourth-order valence-corrected chi connectivity index (χ4v) is 3.12. The Morgan fingerprint density at radius 2 is 1.71 bits per heavy atom. The van der Waals surface area contributed by atoms with Crippen LogP contribution in [0.2, 0.25) is 0 Å². The zero-order valence-corrected chi connectivity index (χ0v) is 18.5. The molecule has 0 saturated heterocycles. The van der Waals surface area contributed by atoms with Gasteiger partial charge in [0.25, 0.3) is 0 Å².